The minimum atomic E-state index is 0.366. The van der Waals surface area contributed by atoms with E-state index in [1.165, 1.54) is 19.3 Å². The first-order valence-corrected chi connectivity index (χ1v) is 6.86. The summed E-state index contributed by atoms with van der Waals surface area (Å²) in [7, 11) is 0. The standard InChI is InChI=1S/C15H31N/c1-11-8-13(10-15(6,7)9-11)16-12(2)14(3,4)5/h11-13,16H,8-10H2,1-7H3. The van der Waals surface area contributed by atoms with Crippen LogP contribution in [0.5, 0.6) is 0 Å². The van der Waals surface area contributed by atoms with Crippen molar-refractivity contribution in [3.8, 4) is 0 Å². The van der Waals surface area contributed by atoms with Crippen LogP contribution in [0.2, 0.25) is 0 Å². The van der Waals surface area contributed by atoms with E-state index in [4.69, 9.17) is 0 Å². The van der Waals surface area contributed by atoms with Crippen LogP contribution in [0.15, 0.2) is 0 Å². The summed E-state index contributed by atoms with van der Waals surface area (Å²) in [5.41, 5.74) is 0.887. The Labute approximate surface area is 102 Å². The number of hydrogen-bond donors (Lipinski definition) is 1. The molecule has 1 fully saturated rings. The van der Waals surface area contributed by atoms with Gasteiger partial charge in [-0.15, -0.1) is 0 Å². The van der Waals surface area contributed by atoms with Crippen LogP contribution >= 0.6 is 0 Å². The first kappa shape index (κ1) is 14.0. The Morgan fingerprint density at radius 3 is 2.19 bits per heavy atom. The fraction of sp³-hybridized carbons (Fsp3) is 1.00. The fourth-order valence-electron chi connectivity index (χ4n) is 3.08. The Bertz CT molecular complexity index is 224. The van der Waals surface area contributed by atoms with E-state index >= 15 is 0 Å². The Hall–Kier alpha value is -0.0400. The highest BCUT2D eigenvalue weighted by atomic mass is 15.0. The summed E-state index contributed by atoms with van der Waals surface area (Å²) in [5, 5.41) is 3.84. The molecule has 0 spiro atoms. The Morgan fingerprint density at radius 2 is 1.75 bits per heavy atom. The van der Waals surface area contributed by atoms with Gasteiger partial charge in [0.05, 0.1) is 0 Å². The topological polar surface area (TPSA) is 12.0 Å². The lowest BCUT2D eigenvalue weighted by Gasteiger charge is -2.42. The van der Waals surface area contributed by atoms with Gasteiger partial charge < -0.3 is 5.32 Å². The van der Waals surface area contributed by atoms with Gasteiger partial charge in [-0.2, -0.15) is 0 Å². The van der Waals surface area contributed by atoms with E-state index in [1.807, 2.05) is 0 Å². The Balaban J connectivity index is 2.55. The molecule has 3 unspecified atom stereocenters. The van der Waals surface area contributed by atoms with E-state index in [0.29, 0.717) is 22.9 Å². The van der Waals surface area contributed by atoms with E-state index in [-0.39, 0.29) is 0 Å². The molecule has 0 bridgehead atoms. The predicted molar refractivity (Wildman–Crippen MR) is 72.6 cm³/mol. The normalized spacial score (nSPS) is 32.4. The molecule has 0 amide bonds. The number of hydrogen-bond acceptors (Lipinski definition) is 1. The smallest absolute Gasteiger partial charge is 0.00898 e. The van der Waals surface area contributed by atoms with Crippen LogP contribution in [0.3, 0.4) is 0 Å². The molecule has 1 nitrogen and oxygen atoms in total. The first-order chi connectivity index (χ1) is 7.10. The zero-order valence-electron chi connectivity index (χ0n) is 12.4. The molecule has 1 aliphatic rings. The molecule has 0 aromatic rings. The van der Waals surface area contributed by atoms with Gasteiger partial charge in [-0.25, -0.2) is 0 Å². The molecule has 0 aromatic heterocycles. The molecule has 1 rings (SSSR count). The van der Waals surface area contributed by atoms with Gasteiger partial charge in [-0.05, 0) is 42.9 Å². The van der Waals surface area contributed by atoms with Gasteiger partial charge >= 0.3 is 0 Å². The monoisotopic (exact) mass is 225 g/mol. The van der Waals surface area contributed by atoms with Crippen molar-refractivity contribution in [1.29, 1.82) is 0 Å². The molecule has 1 saturated carbocycles. The predicted octanol–water partition coefficient (Wildman–Crippen LogP) is 4.23. The summed E-state index contributed by atoms with van der Waals surface area (Å²) in [6.45, 7) is 16.5. The van der Waals surface area contributed by atoms with E-state index in [0.717, 1.165) is 5.92 Å². The highest BCUT2D eigenvalue weighted by molar-refractivity contribution is 4.89. The highest BCUT2D eigenvalue weighted by Crippen LogP contribution is 2.39. The van der Waals surface area contributed by atoms with Crippen LogP contribution in [0.4, 0.5) is 0 Å². The molecule has 3 atom stereocenters. The molecule has 96 valence electrons. The van der Waals surface area contributed by atoms with Gasteiger partial charge in [-0.1, -0.05) is 41.5 Å². The van der Waals surface area contributed by atoms with Crippen LogP contribution in [0, 0.1) is 16.7 Å². The maximum Gasteiger partial charge on any atom is 0.00898 e. The average molecular weight is 225 g/mol. The lowest BCUT2D eigenvalue weighted by Crippen LogP contribution is -2.48. The van der Waals surface area contributed by atoms with Gasteiger partial charge in [0, 0.05) is 12.1 Å². The van der Waals surface area contributed by atoms with Crippen LogP contribution in [0.1, 0.15) is 67.7 Å². The number of rotatable bonds is 2. The van der Waals surface area contributed by atoms with E-state index in [2.05, 4.69) is 53.8 Å². The summed E-state index contributed by atoms with van der Waals surface area (Å²) < 4.78 is 0. The van der Waals surface area contributed by atoms with E-state index in [1.54, 1.807) is 0 Å². The third kappa shape index (κ3) is 4.08. The van der Waals surface area contributed by atoms with Crippen LogP contribution in [-0.2, 0) is 0 Å². The summed E-state index contributed by atoms with van der Waals surface area (Å²) in [5.74, 6) is 0.869. The molecule has 1 N–H and O–H groups in total. The third-order valence-electron chi connectivity index (χ3n) is 4.17. The van der Waals surface area contributed by atoms with Crippen molar-refractivity contribution in [3.05, 3.63) is 0 Å². The Morgan fingerprint density at radius 1 is 1.19 bits per heavy atom. The van der Waals surface area contributed by atoms with Crippen LogP contribution < -0.4 is 5.32 Å². The van der Waals surface area contributed by atoms with Crippen LogP contribution in [-0.4, -0.2) is 12.1 Å². The molecular weight excluding hydrogens is 194 g/mol. The van der Waals surface area contributed by atoms with Crippen molar-refractivity contribution in [3.63, 3.8) is 0 Å². The highest BCUT2D eigenvalue weighted by Gasteiger charge is 2.33. The van der Waals surface area contributed by atoms with Gasteiger partial charge in [0.25, 0.3) is 0 Å². The average Bonchev–Trinajstić information content (AvgIpc) is 1.97. The summed E-state index contributed by atoms with van der Waals surface area (Å²) in [4.78, 5) is 0. The molecule has 1 heteroatoms. The molecule has 16 heavy (non-hydrogen) atoms. The van der Waals surface area contributed by atoms with Crippen LogP contribution in [0.25, 0.3) is 0 Å². The quantitative estimate of drug-likeness (QED) is 0.742. The largest absolute Gasteiger partial charge is 0.311 e. The third-order valence-corrected chi connectivity index (χ3v) is 4.17. The molecule has 0 aliphatic heterocycles. The second kappa shape index (κ2) is 4.68. The Kier molecular flexibility index (Phi) is 4.10. The molecular formula is C15H31N. The van der Waals surface area contributed by atoms with E-state index < -0.39 is 0 Å². The van der Waals surface area contributed by atoms with Crippen molar-refractivity contribution < 1.29 is 0 Å². The van der Waals surface area contributed by atoms with Crippen molar-refractivity contribution in [2.75, 3.05) is 0 Å². The lowest BCUT2D eigenvalue weighted by atomic mass is 9.70. The maximum atomic E-state index is 3.84. The van der Waals surface area contributed by atoms with Crippen molar-refractivity contribution in [1.82, 2.24) is 5.32 Å². The second-order valence-corrected chi connectivity index (χ2v) is 7.86. The summed E-state index contributed by atoms with van der Waals surface area (Å²) >= 11 is 0. The fourth-order valence-corrected chi connectivity index (χ4v) is 3.08. The summed E-state index contributed by atoms with van der Waals surface area (Å²) in [6, 6.07) is 1.31. The SMILES string of the molecule is CC1CC(NC(C)C(C)(C)C)CC(C)(C)C1. The van der Waals surface area contributed by atoms with E-state index in [9.17, 15) is 0 Å². The minimum Gasteiger partial charge on any atom is -0.311 e. The van der Waals surface area contributed by atoms with Gasteiger partial charge in [0.15, 0.2) is 0 Å². The van der Waals surface area contributed by atoms with Gasteiger partial charge in [0.1, 0.15) is 0 Å². The molecule has 0 saturated heterocycles. The maximum absolute atomic E-state index is 3.84. The molecule has 0 heterocycles. The van der Waals surface area contributed by atoms with Gasteiger partial charge in [-0.3, -0.25) is 0 Å². The minimum absolute atomic E-state index is 0.366. The second-order valence-electron chi connectivity index (χ2n) is 7.86. The zero-order valence-corrected chi connectivity index (χ0v) is 12.4. The lowest BCUT2D eigenvalue weighted by molar-refractivity contribution is 0.130. The number of nitrogens with one attached hydrogen (secondary N) is 1. The van der Waals surface area contributed by atoms with Crippen molar-refractivity contribution in [2.45, 2.75) is 79.8 Å². The van der Waals surface area contributed by atoms with Crippen molar-refractivity contribution >= 4 is 0 Å². The zero-order chi connectivity index (χ0) is 12.6. The van der Waals surface area contributed by atoms with Gasteiger partial charge in [0.2, 0.25) is 0 Å². The summed E-state index contributed by atoms with van der Waals surface area (Å²) in [6.07, 6.45) is 4.07. The first-order valence-electron chi connectivity index (χ1n) is 6.86. The molecule has 0 aromatic carbocycles. The molecule has 0 radical (unpaired) electrons. The van der Waals surface area contributed by atoms with Crippen molar-refractivity contribution in [2.24, 2.45) is 16.7 Å². The molecule has 1 aliphatic carbocycles.